The minimum absolute atomic E-state index is 0.131. The molecule has 0 aliphatic carbocycles. The fourth-order valence-electron chi connectivity index (χ4n) is 3.68. The summed E-state index contributed by atoms with van der Waals surface area (Å²) in [4.78, 5) is 13.4. The second kappa shape index (κ2) is 9.37. The Hall–Kier alpha value is -2.44. The molecule has 0 amide bonds. The van der Waals surface area contributed by atoms with Crippen molar-refractivity contribution >= 4 is 5.97 Å². The lowest BCUT2D eigenvalue weighted by Gasteiger charge is -2.36. The molecule has 5 nitrogen and oxygen atoms in total. The van der Waals surface area contributed by atoms with Gasteiger partial charge in [0.05, 0.1) is 19.6 Å². The number of halogens is 1. The van der Waals surface area contributed by atoms with Crippen LogP contribution in [0.3, 0.4) is 0 Å². The third kappa shape index (κ3) is 5.78. The van der Waals surface area contributed by atoms with Gasteiger partial charge in [-0.15, -0.1) is 0 Å². The van der Waals surface area contributed by atoms with Crippen molar-refractivity contribution < 1.29 is 23.8 Å². The first-order valence-corrected chi connectivity index (χ1v) is 9.87. The van der Waals surface area contributed by atoms with Gasteiger partial charge in [0.2, 0.25) is 0 Å². The van der Waals surface area contributed by atoms with Crippen molar-refractivity contribution in [3.05, 3.63) is 65.0 Å². The van der Waals surface area contributed by atoms with Crippen LogP contribution in [0.4, 0.5) is 4.39 Å². The van der Waals surface area contributed by atoms with Crippen molar-refractivity contribution in [2.45, 2.75) is 32.3 Å². The number of ether oxygens (including phenoxy) is 2. The number of aliphatic carboxylic acids is 1. The van der Waals surface area contributed by atoms with Gasteiger partial charge in [0, 0.05) is 36.2 Å². The number of carboxylic acids is 1. The van der Waals surface area contributed by atoms with Crippen molar-refractivity contribution in [2.75, 3.05) is 32.8 Å². The number of morpholine rings is 1. The molecule has 0 saturated carbocycles. The highest BCUT2D eigenvalue weighted by atomic mass is 19.1. The molecule has 0 aromatic heterocycles. The van der Waals surface area contributed by atoms with Crippen molar-refractivity contribution in [1.82, 2.24) is 4.90 Å². The topological polar surface area (TPSA) is 59.0 Å². The van der Waals surface area contributed by atoms with E-state index in [2.05, 4.69) is 18.7 Å². The number of carboxylic acid groups (broad SMARTS) is 1. The summed E-state index contributed by atoms with van der Waals surface area (Å²) in [5, 5.41) is 9.11. The summed E-state index contributed by atoms with van der Waals surface area (Å²) in [6, 6.07) is 12.7. The van der Waals surface area contributed by atoms with Crippen LogP contribution in [0.15, 0.2) is 42.5 Å². The molecule has 0 spiro atoms. The average molecular weight is 401 g/mol. The van der Waals surface area contributed by atoms with Crippen LogP contribution in [0.25, 0.3) is 0 Å². The molecule has 2 aromatic carbocycles. The Morgan fingerprint density at radius 1 is 1.21 bits per heavy atom. The maximum Gasteiger partial charge on any atom is 0.307 e. The maximum absolute atomic E-state index is 14.7. The Kier molecular flexibility index (Phi) is 6.87. The van der Waals surface area contributed by atoms with Crippen LogP contribution in [-0.4, -0.2) is 48.8 Å². The van der Waals surface area contributed by atoms with Gasteiger partial charge in [-0.2, -0.15) is 0 Å². The highest BCUT2D eigenvalue weighted by Gasteiger charge is 2.30. The zero-order valence-electron chi connectivity index (χ0n) is 17.0. The molecule has 0 unspecified atom stereocenters. The number of carbonyl (C=O) groups is 1. The third-order valence-corrected chi connectivity index (χ3v) is 5.18. The molecule has 3 rings (SSSR count). The summed E-state index contributed by atoms with van der Waals surface area (Å²) in [6.45, 7) is 8.24. The van der Waals surface area contributed by atoms with Crippen LogP contribution < -0.4 is 4.74 Å². The monoisotopic (exact) mass is 401 g/mol. The van der Waals surface area contributed by atoms with Gasteiger partial charge in [-0.1, -0.05) is 44.2 Å². The zero-order chi connectivity index (χ0) is 20.9. The molecule has 1 aliphatic rings. The van der Waals surface area contributed by atoms with Crippen LogP contribution in [0.5, 0.6) is 5.75 Å². The number of hydrogen-bond acceptors (Lipinski definition) is 4. The van der Waals surface area contributed by atoms with Crippen molar-refractivity contribution in [3.8, 4) is 5.75 Å². The molecular formula is C23H28FNO4. The minimum Gasteiger partial charge on any atom is -0.489 e. The standard InChI is InChI=1S/C23H28FNO4/c1-23(2,16-25-8-10-28-11-9-25)19-14-20(24)18(13-22(26)27)12-21(19)29-15-17-6-4-3-5-7-17/h3-7,12,14H,8-11,13,15-16H2,1-2H3,(H,26,27). The summed E-state index contributed by atoms with van der Waals surface area (Å²) in [7, 11) is 0. The van der Waals surface area contributed by atoms with Crippen molar-refractivity contribution in [3.63, 3.8) is 0 Å². The van der Waals surface area contributed by atoms with E-state index in [0.717, 1.165) is 30.8 Å². The van der Waals surface area contributed by atoms with Gasteiger partial charge in [-0.25, -0.2) is 4.39 Å². The molecule has 1 heterocycles. The maximum atomic E-state index is 14.7. The number of rotatable bonds is 8. The second-order valence-electron chi connectivity index (χ2n) is 8.06. The van der Waals surface area contributed by atoms with Gasteiger partial charge in [0.15, 0.2) is 0 Å². The summed E-state index contributed by atoms with van der Waals surface area (Å²) >= 11 is 0. The molecule has 1 fully saturated rings. The fraction of sp³-hybridized carbons (Fsp3) is 0.435. The number of benzene rings is 2. The molecule has 0 radical (unpaired) electrons. The van der Waals surface area contributed by atoms with Crippen LogP contribution in [-0.2, 0) is 28.0 Å². The van der Waals surface area contributed by atoms with E-state index in [1.807, 2.05) is 30.3 Å². The fourth-order valence-corrected chi connectivity index (χ4v) is 3.68. The molecule has 1 saturated heterocycles. The molecule has 1 N–H and O–H groups in total. The molecule has 0 bridgehead atoms. The molecule has 2 aromatic rings. The Bertz CT molecular complexity index is 832. The normalized spacial score (nSPS) is 15.3. The number of nitrogens with zero attached hydrogens (tertiary/aromatic N) is 1. The molecular weight excluding hydrogens is 373 g/mol. The lowest BCUT2D eigenvalue weighted by atomic mass is 9.82. The van der Waals surface area contributed by atoms with Gasteiger partial charge in [0.25, 0.3) is 0 Å². The Morgan fingerprint density at radius 3 is 2.55 bits per heavy atom. The molecule has 29 heavy (non-hydrogen) atoms. The van der Waals surface area contributed by atoms with E-state index >= 15 is 0 Å². The van der Waals surface area contributed by atoms with E-state index in [-0.39, 0.29) is 17.4 Å². The molecule has 6 heteroatoms. The SMILES string of the molecule is CC(C)(CN1CCOCC1)c1cc(F)c(CC(=O)O)cc1OCc1ccccc1. The summed E-state index contributed by atoms with van der Waals surface area (Å²) in [5.74, 6) is -1.05. The van der Waals surface area contributed by atoms with Crippen molar-refractivity contribution in [2.24, 2.45) is 0 Å². The highest BCUT2D eigenvalue weighted by Crippen LogP contribution is 2.35. The molecule has 0 atom stereocenters. The average Bonchev–Trinajstić information content (AvgIpc) is 2.69. The smallest absolute Gasteiger partial charge is 0.307 e. The van der Waals surface area contributed by atoms with Crippen molar-refractivity contribution in [1.29, 1.82) is 0 Å². The zero-order valence-corrected chi connectivity index (χ0v) is 17.0. The van der Waals surface area contributed by atoms with Crippen LogP contribution in [0, 0.1) is 5.82 Å². The van der Waals surface area contributed by atoms with E-state index in [1.54, 1.807) is 6.07 Å². The van der Waals surface area contributed by atoms with Gasteiger partial charge in [-0.05, 0) is 17.7 Å². The van der Waals surface area contributed by atoms with Gasteiger partial charge < -0.3 is 14.6 Å². The molecule has 156 valence electrons. The minimum atomic E-state index is -1.07. The van der Waals surface area contributed by atoms with E-state index < -0.39 is 11.8 Å². The quantitative estimate of drug-likeness (QED) is 0.732. The van der Waals surface area contributed by atoms with Gasteiger partial charge in [-0.3, -0.25) is 9.69 Å². The highest BCUT2D eigenvalue weighted by molar-refractivity contribution is 5.70. The summed E-state index contributed by atoms with van der Waals surface area (Å²) in [6.07, 6.45) is -0.377. The Morgan fingerprint density at radius 2 is 1.90 bits per heavy atom. The Balaban J connectivity index is 1.89. The largest absolute Gasteiger partial charge is 0.489 e. The van der Waals surface area contributed by atoms with E-state index in [1.165, 1.54) is 6.07 Å². The first-order valence-electron chi connectivity index (χ1n) is 9.87. The van der Waals surface area contributed by atoms with E-state index in [9.17, 15) is 9.18 Å². The van der Waals surface area contributed by atoms with Gasteiger partial charge in [0.1, 0.15) is 18.2 Å². The van der Waals surface area contributed by atoms with Crippen LogP contribution in [0.2, 0.25) is 0 Å². The van der Waals surface area contributed by atoms with Crippen LogP contribution in [0.1, 0.15) is 30.5 Å². The first kappa shape index (κ1) is 21.3. The number of hydrogen-bond donors (Lipinski definition) is 1. The third-order valence-electron chi connectivity index (χ3n) is 5.18. The lowest BCUT2D eigenvalue weighted by molar-refractivity contribution is -0.136. The predicted molar refractivity (Wildman–Crippen MR) is 109 cm³/mol. The lowest BCUT2D eigenvalue weighted by Crippen LogP contribution is -2.43. The van der Waals surface area contributed by atoms with Crippen LogP contribution >= 0.6 is 0 Å². The first-order chi connectivity index (χ1) is 13.8. The van der Waals surface area contributed by atoms with E-state index in [0.29, 0.717) is 25.6 Å². The Labute approximate surface area is 171 Å². The summed E-state index contributed by atoms with van der Waals surface area (Å²) < 4.78 is 26.2. The van der Waals surface area contributed by atoms with E-state index in [4.69, 9.17) is 14.6 Å². The second-order valence-corrected chi connectivity index (χ2v) is 8.06. The molecule has 1 aliphatic heterocycles. The van der Waals surface area contributed by atoms with Gasteiger partial charge >= 0.3 is 5.97 Å². The summed E-state index contributed by atoms with van der Waals surface area (Å²) in [5.41, 5.74) is 1.48. The predicted octanol–water partition coefficient (Wildman–Crippen LogP) is 3.64.